The largest absolute Gasteiger partial charge is 0.469 e. The van der Waals surface area contributed by atoms with E-state index in [1.165, 1.54) is 18.1 Å². The molecule has 7 nitrogen and oxygen atoms in total. The zero-order chi connectivity index (χ0) is 17.6. The molecular formula is C16H22N2O5. The number of amides is 1. The van der Waals surface area contributed by atoms with Gasteiger partial charge in [-0.2, -0.15) is 0 Å². The lowest BCUT2D eigenvalue weighted by Gasteiger charge is -2.28. The Kier molecular flexibility index (Phi) is 6.68. The Morgan fingerprint density at radius 1 is 1.26 bits per heavy atom. The first-order chi connectivity index (χ1) is 10.8. The van der Waals surface area contributed by atoms with Crippen molar-refractivity contribution in [3.8, 4) is 0 Å². The molecule has 1 rings (SSSR count). The van der Waals surface area contributed by atoms with Gasteiger partial charge in [0.25, 0.3) is 5.69 Å². The predicted molar refractivity (Wildman–Crippen MR) is 84.8 cm³/mol. The second-order valence-electron chi connectivity index (χ2n) is 5.63. The van der Waals surface area contributed by atoms with E-state index in [0.29, 0.717) is 5.56 Å². The van der Waals surface area contributed by atoms with E-state index in [1.807, 2.05) is 13.8 Å². The summed E-state index contributed by atoms with van der Waals surface area (Å²) in [5.74, 6) is -1.11. The first-order valence-electron chi connectivity index (χ1n) is 7.37. The summed E-state index contributed by atoms with van der Waals surface area (Å²) >= 11 is 0. The SMILES string of the molecule is COC(=O)C(C)CN(C(=O)Cc1ccccc1[N+](=O)[O-])C(C)C. The molecule has 0 saturated carbocycles. The van der Waals surface area contributed by atoms with Crippen molar-refractivity contribution >= 4 is 17.6 Å². The summed E-state index contributed by atoms with van der Waals surface area (Å²) in [6, 6.07) is 6.03. The number of esters is 1. The molecule has 0 aliphatic carbocycles. The molecule has 1 amide bonds. The van der Waals surface area contributed by atoms with Gasteiger partial charge in [-0.05, 0) is 13.8 Å². The molecule has 0 aliphatic rings. The van der Waals surface area contributed by atoms with Crippen molar-refractivity contribution < 1.29 is 19.2 Å². The number of rotatable bonds is 7. The highest BCUT2D eigenvalue weighted by Crippen LogP contribution is 2.19. The van der Waals surface area contributed by atoms with Crippen LogP contribution in [0.15, 0.2) is 24.3 Å². The zero-order valence-corrected chi connectivity index (χ0v) is 13.8. The van der Waals surface area contributed by atoms with Gasteiger partial charge in [0.05, 0.1) is 24.4 Å². The molecular weight excluding hydrogens is 300 g/mol. The molecule has 1 unspecified atom stereocenters. The third-order valence-corrected chi connectivity index (χ3v) is 3.55. The molecule has 1 atom stereocenters. The van der Waals surface area contributed by atoms with Crippen LogP contribution >= 0.6 is 0 Å². The predicted octanol–water partition coefficient (Wildman–Crippen LogP) is 2.18. The lowest BCUT2D eigenvalue weighted by molar-refractivity contribution is -0.385. The van der Waals surface area contributed by atoms with Crippen LogP contribution in [0.5, 0.6) is 0 Å². The van der Waals surface area contributed by atoms with Crippen LogP contribution in [0, 0.1) is 16.0 Å². The smallest absolute Gasteiger partial charge is 0.310 e. The van der Waals surface area contributed by atoms with E-state index in [2.05, 4.69) is 4.74 Å². The average Bonchev–Trinajstić information content (AvgIpc) is 2.51. The van der Waals surface area contributed by atoms with E-state index in [1.54, 1.807) is 25.1 Å². The third kappa shape index (κ3) is 5.05. The van der Waals surface area contributed by atoms with E-state index in [-0.39, 0.29) is 30.6 Å². The number of nitro benzene ring substituents is 1. The van der Waals surface area contributed by atoms with E-state index in [4.69, 9.17) is 0 Å². The van der Waals surface area contributed by atoms with Gasteiger partial charge in [0, 0.05) is 24.2 Å². The fourth-order valence-corrected chi connectivity index (χ4v) is 2.27. The number of carbonyl (C=O) groups is 2. The molecule has 0 aliphatic heterocycles. The van der Waals surface area contributed by atoms with Gasteiger partial charge < -0.3 is 9.64 Å². The molecule has 0 spiro atoms. The van der Waals surface area contributed by atoms with Crippen molar-refractivity contribution in [2.45, 2.75) is 33.2 Å². The van der Waals surface area contributed by atoms with Crippen LogP contribution in [0.3, 0.4) is 0 Å². The standard InChI is InChI=1S/C16H22N2O5/c1-11(2)17(10-12(3)16(20)23-4)15(19)9-13-7-5-6-8-14(13)18(21)22/h5-8,11-12H,9-10H2,1-4H3. The highest BCUT2D eigenvalue weighted by atomic mass is 16.6. The Morgan fingerprint density at radius 2 is 1.87 bits per heavy atom. The van der Waals surface area contributed by atoms with Gasteiger partial charge in [-0.1, -0.05) is 25.1 Å². The van der Waals surface area contributed by atoms with Gasteiger partial charge >= 0.3 is 5.97 Å². The molecule has 0 radical (unpaired) electrons. The summed E-state index contributed by atoms with van der Waals surface area (Å²) in [6.07, 6.45) is -0.0801. The summed E-state index contributed by atoms with van der Waals surface area (Å²) in [7, 11) is 1.30. The van der Waals surface area contributed by atoms with E-state index < -0.39 is 16.8 Å². The summed E-state index contributed by atoms with van der Waals surface area (Å²) < 4.78 is 4.68. The Labute approximate surface area is 135 Å². The Balaban J connectivity index is 2.92. The molecule has 7 heteroatoms. The van der Waals surface area contributed by atoms with Crippen LogP contribution in [0.25, 0.3) is 0 Å². The normalized spacial score (nSPS) is 11.9. The summed E-state index contributed by atoms with van der Waals surface area (Å²) in [4.78, 5) is 36.1. The third-order valence-electron chi connectivity index (χ3n) is 3.55. The number of carbonyl (C=O) groups excluding carboxylic acids is 2. The lowest BCUT2D eigenvalue weighted by Crippen LogP contribution is -2.42. The summed E-state index contributed by atoms with van der Waals surface area (Å²) in [5, 5.41) is 11.0. The van der Waals surface area contributed by atoms with Crippen molar-refractivity contribution in [3.05, 3.63) is 39.9 Å². The van der Waals surface area contributed by atoms with Crippen molar-refractivity contribution in [1.29, 1.82) is 0 Å². The molecule has 1 aromatic carbocycles. The van der Waals surface area contributed by atoms with Crippen LogP contribution in [0.4, 0.5) is 5.69 Å². The zero-order valence-electron chi connectivity index (χ0n) is 13.8. The maximum Gasteiger partial charge on any atom is 0.310 e. The number of para-hydroxylation sites is 1. The molecule has 1 aromatic rings. The molecule has 0 aromatic heterocycles. The second-order valence-corrected chi connectivity index (χ2v) is 5.63. The highest BCUT2D eigenvalue weighted by Gasteiger charge is 2.25. The molecule has 0 heterocycles. The van der Waals surface area contributed by atoms with E-state index in [9.17, 15) is 19.7 Å². The minimum Gasteiger partial charge on any atom is -0.469 e. The molecule has 126 valence electrons. The van der Waals surface area contributed by atoms with Crippen LogP contribution in [0.2, 0.25) is 0 Å². The Bertz CT molecular complexity index is 586. The monoisotopic (exact) mass is 322 g/mol. The molecule has 23 heavy (non-hydrogen) atoms. The molecule has 0 N–H and O–H groups in total. The van der Waals surface area contributed by atoms with Gasteiger partial charge in [-0.3, -0.25) is 19.7 Å². The van der Waals surface area contributed by atoms with Crippen LogP contribution in [0.1, 0.15) is 26.3 Å². The number of hydrogen-bond donors (Lipinski definition) is 0. The molecule has 0 fully saturated rings. The first-order valence-corrected chi connectivity index (χ1v) is 7.37. The van der Waals surface area contributed by atoms with Crippen molar-refractivity contribution in [3.63, 3.8) is 0 Å². The van der Waals surface area contributed by atoms with Gasteiger partial charge in [0.1, 0.15) is 0 Å². The topological polar surface area (TPSA) is 89.8 Å². The number of nitrogens with zero attached hydrogens (tertiary/aromatic N) is 2. The second kappa shape index (κ2) is 8.26. The van der Waals surface area contributed by atoms with Crippen LogP contribution in [-0.2, 0) is 20.7 Å². The number of methoxy groups -OCH3 is 1. The minimum atomic E-state index is -0.501. The number of hydrogen-bond acceptors (Lipinski definition) is 5. The average molecular weight is 322 g/mol. The highest BCUT2D eigenvalue weighted by molar-refractivity contribution is 5.81. The van der Waals surface area contributed by atoms with Gasteiger partial charge in [0.2, 0.25) is 5.91 Å². The van der Waals surface area contributed by atoms with Gasteiger partial charge in [-0.15, -0.1) is 0 Å². The van der Waals surface area contributed by atoms with Crippen molar-refractivity contribution in [2.24, 2.45) is 5.92 Å². The van der Waals surface area contributed by atoms with E-state index in [0.717, 1.165) is 0 Å². The quantitative estimate of drug-likeness (QED) is 0.436. The minimum absolute atomic E-state index is 0.0782. The number of ether oxygens (including phenoxy) is 1. The molecule has 0 bridgehead atoms. The Morgan fingerprint density at radius 3 is 2.39 bits per heavy atom. The van der Waals surface area contributed by atoms with Crippen molar-refractivity contribution in [1.82, 2.24) is 4.90 Å². The van der Waals surface area contributed by atoms with Crippen LogP contribution < -0.4 is 0 Å². The summed E-state index contributed by atoms with van der Waals surface area (Å²) in [5.41, 5.74) is 0.282. The number of benzene rings is 1. The number of nitro groups is 1. The van der Waals surface area contributed by atoms with Crippen molar-refractivity contribution in [2.75, 3.05) is 13.7 Å². The lowest BCUT2D eigenvalue weighted by atomic mass is 10.1. The maximum atomic E-state index is 12.5. The maximum absolute atomic E-state index is 12.5. The van der Waals surface area contributed by atoms with Crippen LogP contribution in [-0.4, -0.2) is 41.4 Å². The van der Waals surface area contributed by atoms with Gasteiger partial charge in [-0.25, -0.2) is 0 Å². The fraction of sp³-hybridized carbons (Fsp3) is 0.500. The molecule has 0 saturated heterocycles. The first kappa shape index (κ1) is 18.6. The Hall–Kier alpha value is -2.44. The summed E-state index contributed by atoms with van der Waals surface area (Å²) in [6.45, 7) is 5.56. The van der Waals surface area contributed by atoms with E-state index >= 15 is 0 Å². The fourth-order valence-electron chi connectivity index (χ4n) is 2.27. The van der Waals surface area contributed by atoms with Gasteiger partial charge in [0.15, 0.2) is 0 Å².